The Morgan fingerprint density at radius 1 is 1.05 bits per heavy atom. The van der Waals surface area contributed by atoms with Crippen LogP contribution < -0.4 is 10.6 Å². The van der Waals surface area contributed by atoms with Gasteiger partial charge in [-0.15, -0.1) is 0 Å². The van der Waals surface area contributed by atoms with Gasteiger partial charge in [0.15, 0.2) is 5.82 Å². The summed E-state index contributed by atoms with van der Waals surface area (Å²) in [6.45, 7) is 4.15. The molecule has 21 heavy (non-hydrogen) atoms. The lowest BCUT2D eigenvalue weighted by atomic mass is 10.2. The Kier molecular flexibility index (Phi) is 5.97. The summed E-state index contributed by atoms with van der Waals surface area (Å²) in [6, 6.07) is 12.2. The molecule has 0 fully saturated rings. The molecule has 1 heterocycles. The summed E-state index contributed by atoms with van der Waals surface area (Å²) in [4.78, 5) is 8.89. The number of benzene rings is 1. The SMILES string of the molecule is CCCNc1cc(NCc2ccccc2)nc(COC)n1. The Hall–Kier alpha value is -2.14. The number of aromatic nitrogens is 2. The third-order valence-electron chi connectivity index (χ3n) is 2.92. The highest BCUT2D eigenvalue weighted by molar-refractivity contribution is 5.47. The molecule has 1 aromatic carbocycles. The largest absolute Gasteiger partial charge is 0.377 e. The van der Waals surface area contributed by atoms with Crippen LogP contribution in [0.5, 0.6) is 0 Å². The standard InChI is InChI=1S/C16H22N4O/c1-3-9-17-14-10-15(20-16(19-14)12-21-2)18-11-13-7-5-4-6-8-13/h4-8,10H,3,9,11-12H2,1-2H3,(H2,17,18,19,20). The molecule has 0 unspecified atom stereocenters. The van der Waals surface area contributed by atoms with Crippen molar-refractivity contribution in [2.45, 2.75) is 26.5 Å². The zero-order valence-electron chi connectivity index (χ0n) is 12.6. The molecular weight excluding hydrogens is 264 g/mol. The van der Waals surface area contributed by atoms with E-state index in [0.29, 0.717) is 12.4 Å². The molecule has 0 aliphatic rings. The molecular formula is C16H22N4O. The van der Waals surface area contributed by atoms with Crippen LogP contribution in [0.25, 0.3) is 0 Å². The summed E-state index contributed by atoms with van der Waals surface area (Å²) in [5.74, 6) is 2.31. The molecule has 1 aromatic heterocycles. The molecule has 0 saturated heterocycles. The van der Waals surface area contributed by atoms with Crippen molar-refractivity contribution >= 4 is 11.6 Å². The maximum absolute atomic E-state index is 5.12. The molecule has 0 atom stereocenters. The van der Waals surface area contributed by atoms with Crippen LogP contribution in [-0.2, 0) is 17.9 Å². The molecule has 0 radical (unpaired) electrons. The Balaban J connectivity index is 2.07. The first-order valence-electron chi connectivity index (χ1n) is 7.20. The van der Waals surface area contributed by atoms with Crippen LogP contribution in [0.15, 0.2) is 36.4 Å². The van der Waals surface area contributed by atoms with E-state index in [-0.39, 0.29) is 0 Å². The van der Waals surface area contributed by atoms with Gasteiger partial charge in [0.05, 0.1) is 0 Å². The first-order chi connectivity index (χ1) is 10.3. The van der Waals surface area contributed by atoms with Gasteiger partial charge in [-0.1, -0.05) is 37.3 Å². The molecule has 2 rings (SSSR count). The molecule has 2 N–H and O–H groups in total. The Bertz CT molecular complexity index is 545. The van der Waals surface area contributed by atoms with Gasteiger partial charge in [-0.25, -0.2) is 9.97 Å². The van der Waals surface area contributed by atoms with E-state index in [1.807, 2.05) is 24.3 Å². The van der Waals surface area contributed by atoms with Crippen molar-refractivity contribution in [3.8, 4) is 0 Å². The summed E-state index contributed by atoms with van der Waals surface area (Å²) in [5.41, 5.74) is 1.22. The Morgan fingerprint density at radius 2 is 1.76 bits per heavy atom. The number of rotatable bonds is 8. The molecule has 0 amide bonds. The van der Waals surface area contributed by atoms with Gasteiger partial charge in [-0.2, -0.15) is 0 Å². The summed E-state index contributed by atoms with van der Waals surface area (Å²) in [5, 5.41) is 6.61. The lowest BCUT2D eigenvalue weighted by Crippen LogP contribution is -2.09. The van der Waals surface area contributed by atoms with E-state index in [4.69, 9.17) is 4.74 Å². The van der Waals surface area contributed by atoms with Crippen molar-refractivity contribution in [3.63, 3.8) is 0 Å². The number of nitrogens with zero attached hydrogens (tertiary/aromatic N) is 2. The van der Waals surface area contributed by atoms with Crippen LogP contribution in [0.1, 0.15) is 24.7 Å². The zero-order valence-corrected chi connectivity index (χ0v) is 12.6. The number of hydrogen-bond donors (Lipinski definition) is 2. The number of anilines is 2. The van der Waals surface area contributed by atoms with Gasteiger partial charge in [-0.3, -0.25) is 0 Å². The molecule has 5 nitrogen and oxygen atoms in total. The molecule has 0 bridgehead atoms. The number of methoxy groups -OCH3 is 1. The van der Waals surface area contributed by atoms with E-state index >= 15 is 0 Å². The van der Waals surface area contributed by atoms with Crippen LogP contribution in [0, 0.1) is 0 Å². The monoisotopic (exact) mass is 286 g/mol. The maximum Gasteiger partial charge on any atom is 0.158 e. The highest BCUT2D eigenvalue weighted by Crippen LogP contribution is 2.13. The fourth-order valence-electron chi connectivity index (χ4n) is 1.91. The molecule has 0 saturated carbocycles. The van der Waals surface area contributed by atoms with Gasteiger partial charge in [0, 0.05) is 26.3 Å². The van der Waals surface area contributed by atoms with Crippen LogP contribution in [-0.4, -0.2) is 23.6 Å². The van der Waals surface area contributed by atoms with Crippen molar-refractivity contribution in [2.75, 3.05) is 24.3 Å². The molecule has 0 spiro atoms. The quantitative estimate of drug-likeness (QED) is 0.781. The normalized spacial score (nSPS) is 10.4. The second-order valence-electron chi connectivity index (χ2n) is 4.75. The lowest BCUT2D eigenvalue weighted by molar-refractivity contribution is 0.178. The van der Waals surface area contributed by atoms with E-state index in [1.165, 1.54) is 5.56 Å². The van der Waals surface area contributed by atoms with Gasteiger partial charge in [0.25, 0.3) is 0 Å². The van der Waals surface area contributed by atoms with Gasteiger partial charge in [0.2, 0.25) is 0 Å². The highest BCUT2D eigenvalue weighted by Gasteiger charge is 2.04. The number of nitrogens with one attached hydrogen (secondary N) is 2. The van der Waals surface area contributed by atoms with Crippen molar-refractivity contribution in [1.29, 1.82) is 0 Å². The zero-order chi connectivity index (χ0) is 14.9. The Labute approximate surface area is 125 Å². The topological polar surface area (TPSA) is 59.1 Å². The van der Waals surface area contributed by atoms with Gasteiger partial charge in [0.1, 0.15) is 18.2 Å². The third-order valence-corrected chi connectivity index (χ3v) is 2.92. The Morgan fingerprint density at radius 3 is 2.43 bits per heavy atom. The second kappa shape index (κ2) is 8.21. The smallest absolute Gasteiger partial charge is 0.158 e. The van der Waals surface area contributed by atoms with Crippen LogP contribution in [0.4, 0.5) is 11.6 Å². The fourth-order valence-corrected chi connectivity index (χ4v) is 1.91. The van der Waals surface area contributed by atoms with Gasteiger partial charge < -0.3 is 15.4 Å². The first kappa shape index (κ1) is 15.3. The minimum Gasteiger partial charge on any atom is -0.377 e. The predicted molar refractivity (Wildman–Crippen MR) is 85.3 cm³/mol. The molecule has 0 aliphatic heterocycles. The molecule has 0 aliphatic carbocycles. The van der Waals surface area contributed by atoms with Crippen LogP contribution in [0.3, 0.4) is 0 Å². The number of ether oxygens (including phenoxy) is 1. The fraction of sp³-hybridized carbons (Fsp3) is 0.375. The molecule has 5 heteroatoms. The number of hydrogen-bond acceptors (Lipinski definition) is 5. The third kappa shape index (κ3) is 5.04. The van der Waals surface area contributed by atoms with Crippen molar-refractivity contribution in [2.24, 2.45) is 0 Å². The van der Waals surface area contributed by atoms with E-state index in [0.717, 1.165) is 31.1 Å². The summed E-state index contributed by atoms with van der Waals surface area (Å²) in [6.07, 6.45) is 1.05. The minimum absolute atomic E-state index is 0.404. The molecule has 112 valence electrons. The van der Waals surface area contributed by atoms with E-state index < -0.39 is 0 Å². The summed E-state index contributed by atoms with van der Waals surface area (Å²) < 4.78 is 5.12. The first-order valence-corrected chi connectivity index (χ1v) is 7.20. The average molecular weight is 286 g/mol. The summed E-state index contributed by atoms with van der Waals surface area (Å²) >= 11 is 0. The van der Waals surface area contributed by atoms with E-state index in [9.17, 15) is 0 Å². The second-order valence-corrected chi connectivity index (χ2v) is 4.75. The predicted octanol–water partition coefficient (Wildman–Crippen LogP) is 3.06. The minimum atomic E-state index is 0.404. The molecule has 2 aromatic rings. The lowest BCUT2D eigenvalue weighted by Gasteiger charge is -2.11. The van der Waals surface area contributed by atoms with Crippen LogP contribution >= 0.6 is 0 Å². The van der Waals surface area contributed by atoms with Crippen molar-refractivity contribution < 1.29 is 4.74 Å². The van der Waals surface area contributed by atoms with Crippen molar-refractivity contribution in [3.05, 3.63) is 47.8 Å². The van der Waals surface area contributed by atoms with Crippen molar-refractivity contribution in [1.82, 2.24) is 9.97 Å². The van der Waals surface area contributed by atoms with E-state index in [2.05, 4.69) is 39.7 Å². The van der Waals surface area contributed by atoms with Crippen LogP contribution in [0.2, 0.25) is 0 Å². The maximum atomic E-state index is 5.12. The van der Waals surface area contributed by atoms with Gasteiger partial charge in [-0.05, 0) is 12.0 Å². The van der Waals surface area contributed by atoms with Gasteiger partial charge >= 0.3 is 0 Å². The highest BCUT2D eigenvalue weighted by atomic mass is 16.5. The van der Waals surface area contributed by atoms with E-state index in [1.54, 1.807) is 7.11 Å². The summed E-state index contributed by atoms with van der Waals surface area (Å²) in [7, 11) is 1.65. The average Bonchev–Trinajstić information content (AvgIpc) is 2.52.